The lowest BCUT2D eigenvalue weighted by Crippen LogP contribution is -2.22. The van der Waals surface area contributed by atoms with Gasteiger partial charge in [-0.25, -0.2) is 0 Å². The number of nitrogens with zero attached hydrogens (tertiary/aromatic N) is 1. The third-order valence-corrected chi connectivity index (χ3v) is 2.79. The number of amides is 1. The second-order valence-electron chi connectivity index (χ2n) is 4.44. The lowest BCUT2D eigenvalue weighted by molar-refractivity contribution is 0.0956. The van der Waals surface area contributed by atoms with Gasteiger partial charge in [0.25, 0.3) is 5.91 Å². The molecule has 1 amide bonds. The molecular formula is C14H18N4O2. The highest BCUT2D eigenvalue weighted by atomic mass is 16.5. The molecule has 0 unspecified atom stereocenters. The van der Waals surface area contributed by atoms with Crippen LogP contribution >= 0.6 is 0 Å². The highest BCUT2D eigenvalue weighted by Gasteiger charge is 2.07. The molecule has 6 heteroatoms. The summed E-state index contributed by atoms with van der Waals surface area (Å²) < 4.78 is 4.99. The Morgan fingerprint density at radius 3 is 2.80 bits per heavy atom. The van der Waals surface area contributed by atoms with E-state index in [1.54, 1.807) is 18.2 Å². The summed E-state index contributed by atoms with van der Waals surface area (Å²) in [5, 5.41) is 9.78. The predicted octanol–water partition coefficient (Wildman–Crippen LogP) is 1.93. The van der Waals surface area contributed by atoms with Crippen molar-refractivity contribution in [1.82, 2.24) is 10.5 Å². The Balaban J connectivity index is 2.04. The molecule has 1 aromatic carbocycles. The van der Waals surface area contributed by atoms with Gasteiger partial charge in [0.1, 0.15) is 11.5 Å². The summed E-state index contributed by atoms with van der Waals surface area (Å²) in [6, 6.07) is 7.03. The number of carbonyl (C=O) groups is 1. The number of nitrogens with two attached hydrogens (primary N) is 1. The summed E-state index contributed by atoms with van der Waals surface area (Å²) >= 11 is 0. The summed E-state index contributed by atoms with van der Waals surface area (Å²) in [5.41, 5.74) is 8.57. The number of nitrogen functional groups attached to an aromatic ring is 1. The first-order valence-corrected chi connectivity index (χ1v) is 6.44. The van der Waals surface area contributed by atoms with Crippen LogP contribution < -0.4 is 16.4 Å². The largest absolute Gasteiger partial charge is 0.397 e. The van der Waals surface area contributed by atoms with Gasteiger partial charge in [0, 0.05) is 18.2 Å². The second-order valence-corrected chi connectivity index (χ2v) is 4.44. The molecule has 0 radical (unpaired) electrons. The van der Waals surface area contributed by atoms with Crippen molar-refractivity contribution in [3.05, 3.63) is 41.3 Å². The zero-order valence-corrected chi connectivity index (χ0v) is 11.6. The van der Waals surface area contributed by atoms with Crippen LogP contribution in [-0.4, -0.2) is 17.6 Å². The van der Waals surface area contributed by atoms with Crippen molar-refractivity contribution in [1.29, 1.82) is 0 Å². The first-order chi connectivity index (χ1) is 9.60. The Morgan fingerprint density at radius 1 is 1.40 bits per heavy atom. The van der Waals surface area contributed by atoms with Crippen LogP contribution in [0, 0.1) is 6.92 Å². The molecule has 0 aliphatic heterocycles. The molecule has 0 saturated heterocycles. The van der Waals surface area contributed by atoms with E-state index in [1.807, 2.05) is 19.9 Å². The number of anilines is 2. The molecule has 0 bridgehead atoms. The minimum absolute atomic E-state index is 0.127. The lowest BCUT2D eigenvalue weighted by Gasteiger charge is -2.09. The highest BCUT2D eigenvalue weighted by Crippen LogP contribution is 2.20. The van der Waals surface area contributed by atoms with Crippen LogP contribution in [0.3, 0.4) is 0 Å². The Kier molecular flexibility index (Phi) is 4.24. The van der Waals surface area contributed by atoms with Gasteiger partial charge in [-0.05, 0) is 32.0 Å². The lowest BCUT2D eigenvalue weighted by atomic mass is 10.1. The molecule has 20 heavy (non-hydrogen) atoms. The fourth-order valence-electron chi connectivity index (χ4n) is 1.81. The summed E-state index contributed by atoms with van der Waals surface area (Å²) in [7, 11) is 0. The monoisotopic (exact) mass is 274 g/mol. The standard InChI is InChI=1S/C14H18N4O2/c1-3-16-14(19)10-4-5-13(12(15)7-10)17-8-11-6-9(2)20-18-11/h4-7,17H,3,8,15H2,1-2H3,(H,16,19). The van der Waals surface area contributed by atoms with E-state index in [4.69, 9.17) is 10.3 Å². The van der Waals surface area contributed by atoms with Crippen molar-refractivity contribution < 1.29 is 9.32 Å². The minimum Gasteiger partial charge on any atom is -0.397 e. The number of carbonyl (C=O) groups excluding carboxylic acids is 1. The zero-order valence-electron chi connectivity index (χ0n) is 11.6. The maximum Gasteiger partial charge on any atom is 0.251 e. The molecule has 1 heterocycles. The molecule has 0 aliphatic carbocycles. The van der Waals surface area contributed by atoms with Crippen molar-refractivity contribution in [3.63, 3.8) is 0 Å². The number of benzene rings is 1. The molecule has 0 fully saturated rings. The fraction of sp³-hybridized carbons (Fsp3) is 0.286. The van der Waals surface area contributed by atoms with Gasteiger partial charge < -0.3 is 20.9 Å². The average Bonchev–Trinajstić information content (AvgIpc) is 2.83. The van der Waals surface area contributed by atoms with Crippen molar-refractivity contribution in [2.45, 2.75) is 20.4 Å². The van der Waals surface area contributed by atoms with E-state index >= 15 is 0 Å². The molecule has 1 aromatic heterocycles. The second kappa shape index (κ2) is 6.10. The van der Waals surface area contributed by atoms with Gasteiger partial charge in [-0.15, -0.1) is 0 Å². The smallest absolute Gasteiger partial charge is 0.251 e. The summed E-state index contributed by atoms with van der Waals surface area (Å²) in [6.45, 7) is 4.81. The Hall–Kier alpha value is -2.50. The van der Waals surface area contributed by atoms with Crippen LogP contribution in [0.25, 0.3) is 0 Å². The summed E-state index contributed by atoms with van der Waals surface area (Å²) in [4.78, 5) is 11.7. The van der Waals surface area contributed by atoms with E-state index in [2.05, 4.69) is 15.8 Å². The average molecular weight is 274 g/mol. The van der Waals surface area contributed by atoms with Gasteiger partial charge in [-0.3, -0.25) is 4.79 Å². The number of hydrogen-bond acceptors (Lipinski definition) is 5. The van der Waals surface area contributed by atoms with Gasteiger partial charge in [-0.1, -0.05) is 5.16 Å². The van der Waals surface area contributed by atoms with Crippen molar-refractivity contribution >= 4 is 17.3 Å². The van der Waals surface area contributed by atoms with Gasteiger partial charge >= 0.3 is 0 Å². The maximum atomic E-state index is 11.7. The normalized spacial score (nSPS) is 10.3. The predicted molar refractivity (Wildman–Crippen MR) is 77.4 cm³/mol. The molecule has 2 rings (SSSR count). The van der Waals surface area contributed by atoms with Crippen molar-refractivity contribution in [2.24, 2.45) is 0 Å². The number of aromatic nitrogens is 1. The third-order valence-electron chi connectivity index (χ3n) is 2.79. The van der Waals surface area contributed by atoms with Gasteiger partial charge in [0.15, 0.2) is 0 Å². The van der Waals surface area contributed by atoms with Crippen LogP contribution in [0.5, 0.6) is 0 Å². The molecule has 0 spiro atoms. The van der Waals surface area contributed by atoms with Crippen LogP contribution in [-0.2, 0) is 6.54 Å². The van der Waals surface area contributed by atoms with E-state index in [-0.39, 0.29) is 5.91 Å². The van der Waals surface area contributed by atoms with Crippen LogP contribution in [0.4, 0.5) is 11.4 Å². The molecule has 4 N–H and O–H groups in total. The van der Waals surface area contributed by atoms with E-state index < -0.39 is 0 Å². The maximum absolute atomic E-state index is 11.7. The molecule has 0 aliphatic rings. The number of aryl methyl sites for hydroxylation is 1. The minimum atomic E-state index is -0.127. The topological polar surface area (TPSA) is 93.2 Å². The Morgan fingerprint density at radius 2 is 2.20 bits per heavy atom. The Labute approximate surface area is 117 Å². The van der Waals surface area contributed by atoms with Crippen LogP contribution in [0.15, 0.2) is 28.8 Å². The van der Waals surface area contributed by atoms with Gasteiger partial charge in [0.05, 0.1) is 17.9 Å². The molecule has 6 nitrogen and oxygen atoms in total. The Bertz CT molecular complexity index is 607. The first kappa shape index (κ1) is 13.9. The summed E-state index contributed by atoms with van der Waals surface area (Å²) in [5.74, 6) is 0.638. The van der Waals surface area contributed by atoms with E-state index in [0.717, 1.165) is 17.1 Å². The van der Waals surface area contributed by atoms with E-state index in [1.165, 1.54) is 0 Å². The van der Waals surface area contributed by atoms with Crippen LogP contribution in [0.2, 0.25) is 0 Å². The van der Waals surface area contributed by atoms with Crippen molar-refractivity contribution in [3.8, 4) is 0 Å². The molecular weight excluding hydrogens is 256 g/mol. The highest BCUT2D eigenvalue weighted by molar-refractivity contribution is 5.96. The van der Waals surface area contributed by atoms with E-state index in [9.17, 15) is 4.79 Å². The van der Waals surface area contributed by atoms with Gasteiger partial charge in [-0.2, -0.15) is 0 Å². The van der Waals surface area contributed by atoms with Crippen molar-refractivity contribution in [2.75, 3.05) is 17.6 Å². The molecule has 106 valence electrons. The fourth-order valence-corrected chi connectivity index (χ4v) is 1.81. The van der Waals surface area contributed by atoms with E-state index in [0.29, 0.717) is 24.3 Å². The molecule has 0 atom stereocenters. The quantitative estimate of drug-likeness (QED) is 0.724. The molecule has 2 aromatic rings. The zero-order chi connectivity index (χ0) is 14.5. The van der Waals surface area contributed by atoms with Gasteiger partial charge in [0.2, 0.25) is 0 Å². The number of rotatable bonds is 5. The SMILES string of the molecule is CCNC(=O)c1ccc(NCc2cc(C)on2)c(N)c1. The summed E-state index contributed by atoms with van der Waals surface area (Å²) in [6.07, 6.45) is 0. The first-order valence-electron chi connectivity index (χ1n) is 6.44. The number of hydrogen-bond donors (Lipinski definition) is 3. The third kappa shape index (κ3) is 3.28. The van der Waals surface area contributed by atoms with Crippen LogP contribution in [0.1, 0.15) is 28.7 Å². The molecule has 0 saturated carbocycles. The number of nitrogens with one attached hydrogen (secondary N) is 2.